The number of anilines is 1. The van der Waals surface area contributed by atoms with Crippen LogP contribution in [0.3, 0.4) is 0 Å². The van der Waals surface area contributed by atoms with Gasteiger partial charge in [0.2, 0.25) is 5.91 Å². The first-order valence-corrected chi connectivity index (χ1v) is 8.52. The Hall–Kier alpha value is -2.80. The zero-order valence-electron chi connectivity index (χ0n) is 14.6. The molecule has 0 radical (unpaired) electrons. The zero-order valence-corrected chi connectivity index (χ0v) is 14.6. The smallest absolute Gasteiger partial charge is 0.272 e. The monoisotopic (exact) mass is 356 g/mol. The van der Waals surface area contributed by atoms with Crippen LogP contribution in [0.25, 0.3) is 0 Å². The highest BCUT2D eigenvalue weighted by Crippen LogP contribution is 2.14. The molecular weight excluding hydrogens is 335 g/mol. The Morgan fingerprint density at radius 3 is 2.50 bits per heavy atom. The summed E-state index contributed by atoms with van der Waals surface area (Å²) in [5.74, 6) is -0.238. The van der Waals surface area contributed by atoms with Crippen LogP contribution in [0.15, 0.2) is 42.5 Å². The molecule has 1 aromatic heterocycles. The minimum absolute atomic E-state index is 0.164. The third-order valence-electron chi connectivity index (χ3n) is 4.28. The van der Waals surface area contributed by atoms with Crippen molar-refractivity contribution in [2.75, 3.05) is 31.5 Å². The number of amides is 2. The Morgan fingerprint density at radius 2 is 1.81 bits per heavy atom. The number of aromatic nitrogens is 1. The first-order valence-electron chi connectivity index (χ1n) is 8.52. The Morgan fingerprint density at radius 1 is 1.08 bits per heavy atom. The van der Waals surface area contributed by atoms with E-state index in [1.165, 1.54) is 13.0 Å². The lowest BCUT2D eigenvalue weighted by molar-refractivity contribution is -0.114. The second-order valence-electron chi connectivity index (χ2n) is 6.25. The summed E-state index contributed by atoms with van der Waals surface area (Å²) in [4.78, 5) is 31.8. The molecule has 1 aliphatic heterocycles. The SMILES string of the molecule is CC(=O)Nc1cccc(C(=O)N2CCN(Cc3ccccc3F)CC2)n1. The third kappa shape index (κ3) is 4.43. The molecule has 2 aromatic rings. The van der Waals surface area contributed by atoms with Gasteiger partial charge in [-0.15, -0.1) is 0 Å². The molecular formula is C19H21FN4O2. The van der Waals surface area contributed by atoms with Crippen molar-refractivity contribution in [1.82, 2.24) is 14.8 Å². The molecule has 6 nitrogen and oxygen atoms in total. The maximum absolute atomic E-state index is 13.8. The molecule has 3 rings (SSSR count). The van der Waals surface area contributed by atoms with Gasteiger partial charge < -0.3 is 10.2 Å². The normalized spacial score (nSPS) is 14.9. The van der Waals surface area contributed by atoms with Crippen LogP contribution in [0.1, 0.15) is 23.0 Å². The number of halogens is 1. The van der Waals surface area contributed by atoms with Crippen LogP contribution in [0.2, 0.25) is 0 Å². The van der Waals surface area contributed by atoms with Crippen LogP contribution < -0.4 is 5.32 Å². The molecule has 0 bridgehead atoms. The summed E-state index contributed by atoms with van der Waals surface area (Å²) < 4.78 is 13.8. The average Bonchev–Trinajstić information content (AvgIpc) is 2.63. The van der Waals surface area contributed by atoms with E-state index in [2.05, 4.69) is 15.2 Å². The van der Waals surface area contributed by atoms with Gasteiger partial charge in [0, 0.05) is 45.2 Å². The second-order valence-corrected chi connectivity index (χ2v) is 6.25. The van der Waals surface area contributed by atoms with Crippen LogP contribution in [0.5, 0.6) is 0 Å². The highest BCUT2D eigenvalue weighted by Gasteiger charge is 2.23. The topological polar surface area (TPSA) is 65.5 Å². The van der Waals surface area contributed by atoms with Gasteiger partial charge in [-0.2, -0.15) is 0 Å². The van der Waals surface area contributed by atoms with Crippen molar-refractivity contribution in [3.63, 3.8) is 0 Å². The molecule has 2 amide bonds. The molecule has 1 N–H and O–H groups in total. The van der Waals surface area contributed by atoms with Crippen molar-refractivity contribution in [3.05, 3.63) is 59.5 Å². The minimum Gasteiger partial charge on any atom is -0.335 e. The lowest BCUT2D eigenvalue weighted by atomic mass is 10.2. The third-order valence-corrected chi connectivity index (χ3v) is 4.28. The van der Waals surface area contributed by atoms with Gasteiger partial charge in [0.1, 0.15) is 17.3 Å². The molecule has 7 heteroatoms. The van der Waals surface area contributed by atoms with E-state index in [-0.39, 0.29) is 17.6 Å². The molecule has 0 saturated carbocycles. The minimum atomic E-state index is -0.233. The van der Waals surface area contributed by atoms with Gasteiger partial charge in [-0.3, -0.25) is 14.5 Å². The second kappa shape index (κ2) is 8.05. The Balaban J connectivity index is 1.58. The number of nitrogens with zero attached hydrogens (tertiary/aromatic N) is 3. The fraction of sp³-hybridized carbons (Fsp3) is 0.316. The number of piperazine rings is 1. The number of carbonyl (C=O) groups excluding carboxylic acids is 2. The van der Waals surface area contributed by atoms with Gasteiger partial charge in [-0.05, 0) is 18.2 Å². The predicted molar refractivity (Wildman–Crippen MR) is 96.1 cm³/mol. The summed E-state index contributed by atoms with van der Waals surface area (Å²) in [5.41, 5.74) is 0.968. The summed E-state index contributed by atoms with van der Waals surface area (Å²) in [6.07, 6.45) is 0. The van der Waals surface area contributed by atoms with E-state index in [1.807, 2.05) is 6.07 Å². The molecule has 0 spiro atoms. The fourth-order valence-electron chi connectivity index (χ4n) is 2.94. The van der Waals surface area contributed by atoms with Crippen LogP contribution in [0, 0.1) is 5.82 Å². The van der Waals surface area contributed by atoms with Gasteiger partial charge in [-0.1, -0.05) is 24.3 Å². The fourth-order valence-corrected chi connectivity index (χ4v) is 2.94. The summed E-state index contributed by atoms with van der Waals surface area (Å²) in [5, 5.41) is 2.58. The number of hydrogen-bond acceptors (Lipinski definition) is 4. The Labute approximate surface area is 151 Å². The predicted octanol–water partition coefficient (Wildman–Crippen LogP) is 2.14. The number of carbonyl (C=O) groups is 2. The summed E-state index contributed by atoms with van der Waals surface area (Å²) in [6, 6.07) is 11.7. The van der Waals surface area contributed by atoms with E-state index >= 15 is 0 Å². The van der Waals surface area contributed by atoms with Crippen molar-refractivity contribution in [2.24, 2.45) is 0 Å². The van der Waals surface area contributed by atoms with Gasteiger partial charge >= 0.3 is 0 Å². The van der Waals surface area contributed by atoms with E-state index in [4.69, 9.17) is 0 Å². The lowest BCUT2D eigenvalue weighted by Crippen LogP contribution is -2.48. The molecule has 26 heavy (non-hydrogen) atoms. The quantitative estimate of drug-likeness (QED) is 0.912. The molecule has 1 fully saturated rings. The molecule has 0 aliphatic carbocycles. The lowest BCUT2D eigenvalue weighted by Gasteiger charge is -2.34. The van der Waals surface area contributed by atoms with Crippen molar-refractivity contribution in [2.45, 2.75) is 13.5 Å². The molecule has 136 valence electrons. The van der Waals surface area contributed by atoms with Gasteiger partial charge in [0.25, 0.3) is 5.91 Å². The first kappa shape index (κ1) is 18.0. The summed E-state index contributed by atoms with van der Waals surface area (Å²) in [7, 11) is 0. The van der Waals surface area contributed by atoms with E-state index in [9.17, 15) is 14.0 Å². The molecule has 0 atom stereocenters. The first-order chi connectivity index (χ1) is 12.5. The van der Waals surface area contributed by atoms with Crippen molar-refractivity contribution in [3.8, 4) is 0 Å². The van der Waals surface area contributed by atoms with Crippen LogP contribution in [-0.2, 0) is 11.3 Å². The largest absolute Gasteiger partial charge is 0.335 e. The van der Waals surface area contributed by atoms with Gasteiger partial charge in [-0.25, -0.2) is 9.37 Å². The summed E-state index contributed by atoms with van der Waals surface area (Å²) >= 11 is 0. The summed E-state index contributed by atoms with van der Waals surface area (Å²) in [6.45, 7) is 4.38. The molecule has 1 saturated heterocycles. The molecule has 1 aliphatic rings. The van der Waals surface area contributed by atoms with Crippen molar-refractivity contribution < 1.29 is 14.0 Å². The van der Waals surface area contributed by atoms with Crippen LogP contribution >= 0.6 is 0 Å². The average molecular weight is 356 g/mol. The van der Waals surface area contributed by atoms with E-state index in [0.29, 0.717) is 49.8 Å². The van der Waals surface area contributed by atoms with Crippen molar-refractivity contribution >= 4 is 17.6 Å². The number of rotatable bonds is 4. The standard InChI is InChI=1S/C19H21FN4O2/c1-14(25)21-18-8-4-7-17(22-18)19(26)24-11-9-23(10-12-24)13-15-5-2-3-6-16(15)20/h2-8H,9-13H2,1H3,(H,21,22,25). The van der Waals surface area contributed by atoms with Crippen molar-refractivity contribution in [1.29, 1.82) is 0 Å². The van der Waals surface area contributed by atoms with E-state index in [0.717, 1.165) is 0 Å². The molecule has 2 heterocycles. The highest BCUT2D eigenvalue weighted by molar-refractivity contribution is 5.94. The molecule has 0 unspecified atom stereocenters. The Bertz CT molecular complexity index is 804. The highest BCUT2D eigenvalue weighted by atomic mass is 19.1. The maximum Gasteiger partial charge on any atom is 0.272 e. The van der Waals surface area contributed by atoms with Gasteiger partial charge in [0.15, 0.2) is 0 Å². The number of hydrogen-bond donors (Lipinski definition) is 1. The maximum atomic E-state index is 13.8. The van der Waals surface area contributed by atoms with Crippen LogP contribution in [-0.4, -0.2) is 52.8 Å². The van der Waals surface area contributed by atoms with E-state index < -0.39 is 0 Å². The van der Waals surface area contributed by atoms with E-state index in [1.54, 1.807) is 35.2 Å². The zero-order chi connectivity index (χ0) is 18.5. The number of benzene rings is 1. The van der Waals surface area contributed by atoms with Crippen LogP contribution in [0.4, 0.5) is 10.2 Å². The Kier molecular flexibility index (Phi) is 5.58. The molecule has 1 aromatic carbocycles. The number of nitrogens with one attached hydrogen (secondary N) is 1. The number of pyridine rings is 1. The van der Waals surface area contributed by atoms with Gasteiger partial charge in [0.05, 0.1) is 0 Å².